The van der Waals surface area contributed by atoms with Crippen LogP contribution in [0.1, 0.15) is 29.6 Å². The third kappa shape index (κ3) is 3.76. The zero-order valence-electron chi connectivity index (χ0n) is 12.6. The molecule has 0 unspecified atom stereocenters. The van der Waals surface area contributed by atoms with Gasteiger partial charge in [0.2, 0.25) is 0 Å². The minimum Gasteiger partial charge on any atom is -0.389 e. The molecule has 2 aromatic rings. The lowest BCUT2D eigenvalue weighted by Crippen LogP contribution is -2.27. The van der Waals surface area contributed by atoms with E-state index < -0.39 is 0 Å². The second kappa shape index (κ2) is 6.63. The first kappa shape index (κ1) is 15.4. The van der Waals surface area contributed by atoms with Gasteiger partial charge in [-0.15, -0.1) is 0 Å². The molecule has 0 spiro atoms. The van der Waals surface area contributed by atoms with Crippen molar-refractivity contribution < 1.29 is 0 Å². The van der Waals surface area contributed by atoms with Gasteiger partial charge in [-0.25, -0.2) is 4.98 Å². The maximum atomic E-state index is 5.82. The van der Waals surface area contributed by atoms with Crippen LogP contribution in [0.3, 0.4) is 0 Å². The molecule has 2 heterocycles. The fraction of sp³-hybridized carbons (Fsp3) is 0.312. The van der Waals surface area contributed by atoms with E-state index in [0.717, 1.165) is 35.0 Å². The molecule has 21 heavy (non-hydrogen) atoms. The first-order valence-corrected chi connectivity index (χ1v) is 7.37. The molecule has 2 N–H and O–H groups in total. The molecule has 0 aliphatic carbocycles. The number of nitrogens with zero attached hydrogens (tertiary/aromatic N) is 3. The fourth-order valence-electron chi connectivity index (χ4n) is 2.20. The lowest BCUT2D eigenvalue weighted by molar-refractivity contribution is 0.787. The molecule has 0 aliphatic rings. The van der Waals surface area contributed by atoms with Crippen LogP contribution in [-0.2, 0) is 6.54 Å². The summed E-state index contributed by atoms with van der Waals surface area (Å²) in [5.74, 6) is 0.827. The van der Waals surface area contributed by atoms with Crippen LogP contribution >= 0.6 is 12.2 Å². The highest BCUT2D eigenvalue weighted by Crippen LogP contribution is 2.20. The zero-order valence-corrected chi connectivity index (χ0v) is 13.4. The maximum absolute atomic E-state index is 5.82. The average molecular weight is 300 g/mol. The van der Waals surface area contributed by atoms with Gasteiger partial charge in [0.15, 0.2) is 0 Å². The van der Waals surface area contributed by atoms with Crippen molar-refractivity contribution in [2.24, 2.45) is 5.73 Å². The van der Waals surface area contributed by atoms with Gasteiger partial charge in [-0.3, -0.25) is 4.98 Å². The smallest absolute Gasteiger partial charge is 0.139 e. The molecule has 0 fully saturated rings. The van der Waals surface area contributed by atoms with Gasteiger partial charge >= 0.3 is 0 Å². The number of thiocarbonyl (C=S) groups is 1. The molecule has 2 aromatic heterocycles. The van der Waals surface area contributed by atoms with Crippen molar-refractivity contribution in [1.82, 2.24) is 9.97 Å². The van der Waals surface area contributed by atoms with Crippen molar-refractivity contribution in [1.29, 1.82) is 0 Å². The molecule has 0 saturated heterocycles. The van der Waals surface area contributed by atoms with Crippen molar-refractivity contribution in [2.45, 2.75) is 27.3 Å². The van der Waals surface area contributed by atoms with Crippen molar-refractivity contribution in [3.63, 3.8) is 0 Å². The summed E-state index contributed by atoms with van der Waals surface area (Å²) in [6, 6.07) is 9.89. The van der Waals surface area contributed by atoms with E-state index in [1.165, 1.54) is 0 Å². The Bertz CT molecular complexity index is 654. The Morgan fingerprint density at radius 1 is 1.14 bits per heavy atom. The van der Waals surface area contributed by atoms with Crippen LogP contribution in [0.15, 0.2) is 30.3 Å². The largest absolute Gasteiger partial charge is 0.389 e. The van der Waals surface area contributed by atoms with Gasteiger partial charge < -0.3 is 10.6 Å². The molecule has 0 amide bonds. The van der Waals surface area contributed by atoms with Crippen LogP contribution in [0, 0.1) is 13.8 Å². The second-order valence-electron chi connectivity index (χ2n) is 4.97. The van der Waals surface area contributed by atoms with Gasteiger partial charge in [-0.1, -0.05) is 18.3 Å². The van der Waals surface area contributed by atoms with E-state index in [1.54, 1.807) is 0 Å². The SMILES string of the molecule is CCN(Cc1cccc(C)n1)c1nc(C)ccc1C(N)=S. The molecule has 0 radical (unpaired) electrons. The third-order valence-electron chi connectivity index (χ3n) is 3.26. The Kier molecular flexibility index (Phi) is 4.85. The van der Waals surface area contributed by atoms with E-state index >= 15 is 0 Å². The summed E-state index contributed by atoms with van der Waals surface area (Å²) in [5, 5.41) is 0. The lowest BCUT2D eigenvalue weighted by atomic mass is 10.2. The number of aryl methyl sites for hydroxylation is 2. The average Bonchev–Trinajstić information content (AvgIpc) is 2.44. The highest BCUT2D eigenvalue weighted by molar-refractivity contribution is 7.80. The summed E-state index contributed by atoms with van der Waals surface area (Å²) >= 11 is 5.14. The highest BCUT2D eigenvalue weighted by Gasteiger charge is 2.14. The van der Waals surface area contributed by atoms with Crippen LogP contribution in [0.2, 0.25) is 0 Å². The quantitative estimate of drug-likeness (QED) is 0.861. The van der Waals surface area contributed by atoms with E-state index in [2.05, 4.69) is 21.8 Å². The van der Waals surface area contributed by atoms with Gasteiger partial charge in [0.25, 0.3) is 0 Å². The van der Waals surface area contributed by atoms with Crippen LogP contribution < -0.4 is 10.6 Å². The minimum absolute atomic E-state index is 0.369. The molecule has 0 aliphatic heterocycles. The standard InChI is InChI=1S/C16H20N4S/c1-4-20(10-13-7-5-6-11(2)18-13)16-14(15(17)21)9-8-12(3)19-16/h5-9H,4,10H2,1-3H3,(H2,17,21). The molecule has 0 aromatic carbocycles. The number of nitrogens with two attached hydrogens (primary N) is 1. The fourth-order valence-corrected chi connectivity index (χ4v) is 2.36. The molecule has 0 saturated carbocycles. The number of pyridine rings is 2. The summed E-state index contributed by atoms with van der Waals surface area (Å²) in [7, 11) is 0. The second-order valence-corrected chi connectivity index (χ2v) is 5.41. The predicted molar refractivity (Wildman–Crippen MR) is 90.6 cm³/mol. The van der Waals surface area contributed by atoms with Crippen LogP contribution in [0.5, 0.6) is 0 Å². The molecule has 4 nitrogen and oxygen atoms in total. The predicted octanol–water partition coefficient (Wildman–Crippen LogP) is 2.75. The van der Waals surface area contributed by atoms with E-state index in [4.69, 9.17) is 18.0 Å². The molecule has 5 heteroatoms. The molecule has 110 valence electrons. The zero-order chi connectivity index (χ0) is 15.4. The van der Waals surface area contributed by atoms with Crippen molar-refractivity contribution in [3.8, 4) is 0 Å². The minimum atomic E-state index is 0.369. The van der Waals surface area contributed by atoms with Crippen molar-refractivity contribution in [2.75, 3.05) is 11.4 Å². The number of hydrogen-bond donors (Lipinski definition) is 1. The molecular weight excluding hydrogens is 280 g/mol. The summed E-state index contributed by atoms with van der Waals surface area (Å²) < 4.78 is 0. The van der Waals surface area contributed by atoms with Crippen LogP contribution in [0.25, 0.3) is 0 Å². The van der Waals surface area contributed by atoms with Gasteiger partial charge in [0, 0.05) is 17.9 Å². The number of aromatic nitrogens is 2. The monoisotopic (exact) mass is 300 g/mol. The van der Waals surface area contributed by atoms with E-state index in [0.29, 0.717) is 11.5 Å². The Morgan fingerprint density at radius 2 is 1.86 bits per heavy atom. The van der Waals surface area contributed by atoms with Crippen LogP contribution in [-0.4, -0.2) is 21.5 Å². The van der Waals surface area contributed by atoms with E-state index in [1.807, 2.05) is 44.2 Å². The number of hydrogen-bond acceptors (Lipinski definition) is 4. The maximum Gasteiger partial charge on any atom is 0.139 e. The molecular formula is C16H20N4S. The van der Waals surface area contributed by atoms with Crippen LogP contribution in [0.4, 0.5) is 5.82 Å². The third-order valence-corrected chi connectivity index (χ3v) is 3.48. The Morgan fingerprint density at radius 3 is 2.48 bits per heavy atom. The number of rotatable bonds is 5. The van der Waals surface area contributed by atoms with Gasteiger partial charge in [0.05, 0.1) is 17.8 Å². The molecule has 0 bridgehead atoms. The molecule has 2 rings (SSSR count). The first-order chi connectivity index (χ1) is 10.0. The van der Waals surface area contributed by atoms with Crippen molar-refractivity contribution in [3.05, 3.63) is 53.0 Å². The lowest BCUT2D eigenvalue weighted by Gasteiger charge is -2.24. The van der Waals surface area contributed by atoms with Crippen molar-refractivity contribution >= 4 is 23.0 Å². The summed E-state index contributed by atoms with van der Waals surface area (Å²) in [6.45, 7) is 7.53. The topological polar surface area (TPSA) is 55.0 Å². The Balaban J connectivity index is 2.37. The first-order valence-electron chi connectivity index (χ1n) is 6.96. The van der Waals surface area contributed by atoms with Gasteiger partial charge in [-0.05, 0) is 45.0 Å². The Hall–Kier alpha value is -2.01. The highest BCUT2D eigenvalue weighted by atomic mass is 32.1. The number of anilines is 1. The normalized spacial score (nSPS) is 10.4. The summed E-state index contributed by atoms with van der Waals surface area (Å²) in [4.78, 5) is 11.7. The summed E-state index contributed by atoms with van der Waals surface area (Å²) in [5.41, 5.74) is 9.60. The summed E-state index contributed by atoms with van der Waals surface area (Å²) in [6.07, 6.45) is 0. The molecule has 0 atom stereocenters. The van der Waals surface area contributed by atoms with E-state index in [-0.39, 0.29) is 0 Å². The van der Waals surface area contributed by atoms with Gasteiger partial charge in [0.1, 0.15) is 10.8 Å². The van der Waals surface area contributed by atoms with E-state index in [9.17, 15) is 0 Å². The Labute approximate surface area is 131 Å². The van der Waals surface area contributed by atoms with Gasteiger partial charge in [-0.2, -0.15) is 0 Å².